The summed E-state index contributed by atoms with van der Waals surface area (Å²) in [4.78, 5) is 12.9. The first-order valence-electron chi connectivity index (χ1n) is 6.23. The number of nitro groups is 1. The van der Waals surface area contributed by atoms with Gasteiger partial charge in [-0.3, -0.25) is 10.1 Å². The van der Waals surface area contributed by atoms with Gasteiger partial charge in [-0.1, -0.05) is 6.07 Å². The Kier molecular flexibility index (Phi) is 3.52. The zero-order valence-corrected chi connectivity index (χ0v) is 11.0. The minimum atomic E-state index is -0.312. The third-order valence-electron chi connectivity index (χ3n) is 3.31. The molecule has 98 valence electrons. The van der Waals surface area contributed by atoms with Gasteiger partial charge in [-0.05, 0) is 26.8 Å². The number of nitro benzene ring substituents is 1. The van der Waals surface area contributed by atoms with Gasteiger partial charge in [-0.15, -0.1) is 0 Å². The highest BCUT2D eigenvalue weighted by Gasteiger charge is 2.22. The molecule has 1 saturated heterocycles. The molecule has 1 aliphatic rings. The maximum absolute atomic E-state index is 11.0. The molecule has 2 atom stereocenters. The fourth-order valence-corrected chi connectivity index (χ4v) is 2.53. The highest BCUT2D eigenvalue weighted by Crippen LogP contribution is 2.26. The Hall–Kier alpha value is -1.62. The van der Waals surface area contributed by atoms with E-state index in [1.165, 1.54) is 0 Å². The molecule has 0 bridgehead atoms. The van der Waals surface area contributed by atoms with E-state index in [2.05, 4.69) is 24.1 Å². The summed E-state index contributed by atoms with van der Waals surface area (Å²) in [5, 5.41) is 14.4. The van der Waals surface area contributed by atoms with E-state index in [9.17, 15) is 10.1 Å². The number of nitrogens with one attached hydrogen (secondary N) is 1. The fraction of sp³-hybridized carbons (Fsp3) is 0.538. The zero-order chi connectivity index (χ0) is 13.3. The molecular formula is C13H19N3O2. The van der Waals surface area contributed by atoms with Crippen LogP contribution in [0, 0.1) is 17.0 Å². The third kappa shape index (κ3) is 2.61. The SMILES string of the molecule is Cc1ccc(N2CC(C)NC(C)C2)cc1[N+](=O)[O-]. The number of hydrogen-bond donors (Lipinski definition) is 1. The number of hydrogen-bond acceptors (Lipinski definition) is 4. The number of piperazine rings is 1. The molecule has 1 fully saturated rings. The minimum Gasteiger partial charge on any atom is -0.368 e. The Morgan fingerprint density at radius 1 is 1.33 bits per heavy atom. The number of rotatable bonds is 2. The summed E-state index contributed by atoms with van der Waals surface area (Å²) in [6.07, 6.45) is 0. The van der Waals surface area contributed by atoms with Crippen LogP contribution in [0.4, 0.5) is 11.4 Å². The number of nitrogens with zero attached hydrogens (tertiary/aromatic N) is 2. The highest BCUT2D eigenvalue weighted by molar-refractivity contribution is 5.57. The molecule has 5 nitrogen and oxygen atoms in total. The van der Waals surface area contributed by atoms with Gasteiger partial charge in [-0.25, -0.2) is 0 Å². The van der Waals surface area contributed by atoms with Gasteiger partial charge in [0, 0.05) is 42.5 Å². The molecule has 1 aliphatic heterocycles. The summed E-state index contributed by atoms with van der Waals surface area (Å²) >= 11 is 0. The van der Waals surface area contributed by atoms with Crippen LogP contribution >= 0.6 is 0 Å². The Morgan fingerprint density at radius 2 is 1.94 bits per heavy atom. The molecule has 1 aromatic rings. The molecule has 1 aromatic carbocycles. The molecule has 0 aromatic heterocycles. The molecule has 1 N–H and O–H groups in total. The predicted molar refractivity (Wildman–Crippen MR) is 72.1 cm³/mol. The van der Waals surface area contributed by atoms with Crippen LogP contribution < -0.4 is 10.2 Å². The van der Waals surface area contributed by atoms with E-state index in [1.54, 1.807) is 13.0 Å². The summed E-state index contributed by atoms with van der Waals surface area (Å²) in [6.45, 7) is 7.79. The van der Waals surface area contributed by atoms with Crippen molar-refractivity contribution in [2.45, 2.75) is 32.9 Å². The smallest absolute Gasteiger partial charge is 0.274 e. The lowest BCUT2D eigenvalue weighted by Gasteiger charge is -2.37. The van der Waals surface area contributed by atoms with E-state index in [-0.39, 0.29) is 10.6 Å². The topological polar surface area (TPSA) is 58.4 Å². The van der Waals surface area contributed by atoms with Gasteiger partial charge in [0.25, 0.3) is 5.69 Å². The number of aryl methyl sites for hydroxylation is 1. The van der Waals surface area contributed by atoms with Crippen LogP contribution in [0.2, 0.25) is 0 Å². The van der Waals surface area contributed by atoms with Crippen molar-refractivity contribution in [2.24, 2.45) is 0 Å². The van der Waals surface area contributed by atoms with Gasteiger partial charge >= 0.3 is 0 Å². The summed E-state index contributed by atoms with van der Waals surface area (Å²) < 4.78 is 0. The standard InChI is InChI=1S/C13H19N3O2/c1-9-4-5-12(6-13(9)16(17)18)15-7-10(2)14-11(3)8-15/h4-6,10-11,14H,7-8H2,1-3H3. The largest absolute Gasteiger partial charge is 0.368 e. The lowest BCUT2D eigenvalue weighted by Crippen LogP contribution is -2.54. The van der Waals surface area contributed by atoms with E-state index in [4.69, 9.17) is 0 Å². The molecule has 2 unspecified atom stereocenters. The van der Waals surface area contributed by atoms with Crippen LogP contribution in [0.3, 0.4) is 0 Å². The van der Waals surface area contributed by atoms with Crippen molar-refractivity contribution in [1.82, 2.24) is 5.32 Å². The van der Waals surface area contributed by atoms with Crippen LogP contribution in [0.1, 0.15) is 19.4 Å². The summed E-state index contributed by atoms with van der Waals surface area (Å²) in [5.74, 6) is 0. The zero-order valence-electron chi connectivity index (χ0n) is 11.0. The van der Waals surface area contributed by atoms with Crippen molar-refractivity contribution in [1.29, 1.82) is 0 Å². The van der Waals surface area contributed by atoms with E-state index >= 15 is 0 Å². The van der Waals surface area contributed by atoms with E-state index < -0.39 is 0 Å². The van der Waals surface area contributed by atoms with Crippen molar-refractivity contribution in [3.8, 4) is 0 Å². The van der Waals surface area contributed by atoms with E-state index in [1.807, 2.05) is 12.1 Å². The Labute approximate surface area is 107 Å². The quantitative estimate of drug-likeness (QED) is 0.644. The summed E-state index contributed by atoms with van der Waals surface area (Å²) in [7, 11) is 0. The monoisotopic (exact) mass is 249 g/mol. The Balaban J connectivity index is 2.28. The van der Waals surface area contributed by atoms with Gasteiger partial charge in [0.1, 0.15) is 0 Å². The van der Waals surface area contributed by atoms with Gasteiger partial charge in [-0.2, -0.15) is 0 Å². The molecule has 0 amide bonds. The first-order chi connectivity index (χ1) is 8.47. The van der Waals surface area contributed by atoms with Gasteiger partial charge < -0.3 is 10.2 Å². The predicted octanol–water partition coefficient (Wildman–Crippen LogP) is 2.09. The second-order valence-electron chi connectivity index (χ2n) is 5.10. The molecule has 5 heteroatoms. The fourth-order valence-electron chi connectivity index (χ4n) is 2.53. The lowest BCUT2D eigenvalue weighted by atomic mass is 10.1. The van der Waals surface area contributed by atoms with Crippen LogP contribution in [0.5, 0.6) is 0 Å². The third-order valence-corrected chi connectivity index (χ3v) is 3.31. The molecule has 0 aliphatic carbocycles. The van der Waals surface area contributed by atoms with Crippen molar-refractivity contribution in [2.75, 3.05) is 18.0 Å². The highest BCUT2D eigenvalue weighted by atomic mass is 16.6. The molecule has 0 saturated carbocycles. The van der Waals surface area contributed by atoms with Gasteiger partial charge in [0.15, 0.2) is 0 Å². The molecular weight excluding hydrogens is 230 g/mol. The number of anilines is 1. The molecule has 0 spiro atoms. The Morgan fingerprint density at radius 3 is 2.50 bits per heavy atom. The molecule has 1 heterocycles. The summed E-state index contributed by atoms with van der Waals surface area (Å²) in [6, 6.07) is 6.26. The van der Waals surface area contributed by atoms with E-state index in [0.717, 1.165) is 18.8 Å². The summed E-state index contributed by atoms with van der Waals surface area (Å²) in [5.41, 5.74) is 1.85. The van der Waals surface area contributed by atoms with Gasteiger partial charge in [0.05, 0.1) is 4.92 Å². The molecule has 0 radical (unpaired) electrons. The van der Waals surface area contributed by atoms with Crippen LogP contribution in [0.15, 0.2) is 18.2 Å². The average molecular weight is 249 g/mol. The first-order valence-corrected chi connectivity index (χ1v) is 6.23. The van der Waals surface area contributed by atoms with Crippen LogP contribution in [-0.2, 0) is 0 Å². The lowest BCUT2D eigenvalue weighted by molar-refractivity contribution is -0.385. The maximum Gasteiger partial charge on any atom is 0.274 e. The van der Waals surface area contributed by atoms with Gasteiger partial charge in [0.2, 0.25) is 0 Å². The minimum absolute atomic E-state index is 0.200. The van der Waals surface area contributed by atoms with Crippen molar-refractivity contribution in [3.05, 3.63) is 33.9 Å². The van der Waals surface area contributed by atoms with Crippen LogP contribution in [0.25, 0.3) is 0 Å². The second kappa shape index (κ2) is 4.94. The van der Waals surface area contributed by atoms with E-state index in [0.29, 0.717) is 17.6 Å². The molecule has 18 heavy (non-hydrogen) atoms. The maximum atomic E-state index is 11.0. The first kappa shape index (κ1) is 12.8. The Bertz CT molecular complexity index is 452. The normalized spacial score (nSPS) is 24.1. The second-order valence-corrected chi connectivity index (χ2v) is 5.10. The number of benzene rings is 1. The van der Waals surface area contributed by atoms with Crippen molar-refractivity contribution in [3.63, 3.8) is 0 Å². The average Bonchev–Trinajstić information content (AvgIpc) is 2.27. The van der Waals surface area contributed by atoms with Crippen LogP contribution in [-0.4, -0.2) is 30.1 Å². The van der Waals surface area contributed by atoms with Crippen molar-refractivity contribution < 1.29 is 4.92 Å². The molecule has 2 rings (SSSR count). The van der Waals surface area contributed by atoms with Crippen molar-refractivity contribution >= 4 is 11.4 Å².